The van der Waals surface area contributed by atoms with E-state index in [1.807, 2.05) is 74.5 Å². The molecule has 120 heavy (non-hydrogen) atoms. The third-order valence-corrected chi connectivity index (χ3v) is 26.1. The maximum atomic E-state index is 15.8. The first kappa shape index (κ1) is 79.2. The molecule has 0 atom stereocenters. The summed E-state index contributed by atoms with van der Waals surface area (Å²) in [6.07, 6.45) is 0. The highest BCUT2D eigenvalue weighted by atomic mass is 16.2. The SMILES string of the molecule is Cc1cc(N2C(=O)c3cc(-n4c5ccc(C(C)(C)C)cc5c5cc(C(C)(C)C)ccc54)c(-n4c5ccc(C(C)(C)C)cc5c5cc(C(C)(C)C)ccc54)cc3C2=O)ccc1-c1ccc(N2C(=O)c3cc(-n4c5ccc(C(C)(C)C)cc5c5cc(C(C)(C)C)ccc54)c(-n4c5ccc(C(C)(C)C)cc5c5cc(C(C)(C)C)ccc54)cc3C2=O)cc1C. The number of hydrogen-bond donors (Lipinski definition) is 0. The van der Waals surface area contributed by atoms with E-state index in [-0.39, 0.29) is 43.3 Å². The number of fused-ring (bicyclic) bond motifs is 14. The van der Waals surface area contributed by atoms with Crippen LogP contribution >= 0.6 is 0 Å². The second-order valence-electron chi connectivity index (χ2n) is 42.9. The van der Waals surface area contributed by atoms with Gasteiger partial charge in [-0.15, -0.1) is 0 Å². The molecule has 0 unspecified atom stereocenters. The van der Waals surface area contributed by atoms with Crippen LogP contribution in [0.25, 0.3) is 121 Å². The molecule has 0 N–H and O–H groups in total. The quantitative estimate of drug-likeness (QED) is 0.149. The smallest absolute Gasteiger partial charge is 0.266 e. The van der Waals surface area contributed by atoms with Crippen molar-refractivity contribution in [3.05, 3.63) is 284 Å². The molecular formula is C110H112N6O4. The maximum absolute atomic E-state index is 15.8. The van der Waals surface area contributed by atoms with Gasteiger partial charge in [-0.3, -0.25) is 19.2 Å². The molecule has 10 nitrogen and oxygen atoms in total. The van der Waals surface area contributed by atoms with E-state index in [9.17, 15) is 0 Å². The maximum Gasteiger partial charge on any atom is 0.266 e. The summed E-state index contributed by atoms with van der Waals surface area (Å²) < 4.78 is 9.30. The van der Waals surface area contributed by atoms with E-state index >= 15 is 19.2 Å². The van der Waals surface area contributed by atoms with Crippen LogP contribution in [0, 0.1) is 13.8 Å². The molecule has 0 radical (unpaired) electrons. The van der Waals surface area contributed by atoms with Crippen molar-refractivity contribution >= 4 is 122 Å². The van der Waals surface area contributed by atoms with Crippen LogP contribution in [-0.4, -0.2) is 41.9 Å². The van der Waals surface area contributed by atoms with Gasteiger partial charge in [0.15, 0.2) is 0 Å². The molecule has 0 saturated heterocycles. The number of aryl methyl sites for hydroxylation is 2. The van der Waals surface area contributed by atoms with Gasteiger partial charge in [0.1, 0.15) is 0 Å². The fourth-order valence-corrected chi connectivity index (χ4v) is 18.8. The molecular weight excluding hydrogens is 1470 g/mol. The predicted octanol–water partition coefficient (Wildman–Crippen LogP) is 28.3. The summed E-state index contributed by atoms with van der Waals surface area (Å²) in [7, 11) is 0. The number of carbonyl (C=O) groups is 4. The van der Waals surface area contributed by atoms with Crippen LogP contribution in [0.3, 0.4) is 0 Å². The average molecular weight is 1580 g/mol. The molecule has 10 heteroatoms. The Balaban J connectivity index is 0.758. The summed E-state index contributed by atoms with van der Waals surface area (Å²) in [5.74, 6) is -1.64. The number of carbonyl (C=O) groups excluding carboxylic acids is 4. The van der Waals surface area contributed by atoms with Crippen molar-refractivity contribution in [2.24, 2.45) is 0 Å². The van der Waals surface area contributed by atoms with Crippen molar-refractivity contribution in [3.8, 4) is 33.9 Å². The lowest BCUT2D eigenvalue weighted by atomic mass is 9.85. The number of benzene rings is 12. The van der Waals surface area contributed by atoms with E-state index in [0.29, 0.717) is 33.6 Å². The lowest BCUT2D eigenvalue weighted by molar-refractivity contribution is 0.0910. The topological polar surface area (TPSA) is 94.5 Å². The highest BCUT2D eigenvalue weighted by molar-refractivity contribution is 6.36. The Labute approximate surface area is 706 Å². The zero-order valence-electron chi connectivity index (χ0n) is 74.9. The number of anilines is 2. The zero-order chi connectivity index (χ0) is 85.8. The third kappa shape index (κ3) is 12.5. The molecule has 0 fully saturated rings. The molecule has 16 aromatic rings. The monoisotopic (exact) mass is 1580 g/mol. The second kappa shape index (κ2) is 26.3. The van der Waals surface area contributed by atoms with Gasteiger partial charge in [0.05, 0.1) is 101 Å². The van der Waals surface area contributed by atoms with E-state index in [1.54, 1.807) is 0 Å². The number of nitrogens with zero attached hydrogens (tertiary/aromatic N) is 6. The minimum atomic E-state index is -0.410. The van der Waals surface area contributed by atoms with Crippen molar-refractivity contribution in [2.45, 2.75) is 223 Å². The fourth-order valence-electron chi connectivity index (χ4n) is 18.8. The third-order valence-electron chi connectivity index (χ3n) is 26.1. The first-order chi connectivity index (χ1) is 56.0. The van der Waals surface area contributed by atoms with Crippen LogP contribution in [0.1, 0.15) is 263 Å². The molecule has 4 amide bonds. The van der Waals surface area contributed by atoms with Gasteiger partial charge in [0.25, 0.3) is 23.6 Å². The fraction of sp³-hybridized carbons (Fsp3) is 0.309. The molecule has 2 aliphatic heterocycles. The van der Waals surface area contributed by atoms with Gasteiger partial charge >= 0.3 is 0 Å². The van der Waals surface area contributed by atoms with Crippen LogP contribution in [0.5, 0.6) is 0 Å². The van der Waals surface area contributed by atoms with Gasteiger partial charge in [0, 0.05) is 43.1 Å². The van der Waals surface area contributed by atoms with Gasteiger partial charge < -0.3 is 18.3 Å². The summed E-state index contributed by atoms with van der Waals surface area (Å²) in [6, 6.07) is 74.1. The molecule has 18 rings (SSSR count). The summed E-state index contributed by atoms with van der Waals surface area (Å²) in [5, 5.41) is 8.89. The van der Waals surface area contributed by atoms with Crippen molar-refractivity contribution in [1.29, 1.82) is 0 Å². The van der Waals surface area contributed by atoms with Gasteiger partial charge in [0.2, 0.25) is 0 Å². The molecule has 12 aromatic carbocycles. The van der Waals surface area contributed by atoms with Crippen molar-refractivity contribution < 1.29 is 19.2 Å². The van der Waals surface area contributed by atoms with Crippen molar-refractivity contribution in [3.63, 3.8) is 0 Å². The Morgan fingerprint density at radius 1 is 0.183 bits per heavy atom. The van der Waals surface area contributed by atoms with Gasteiger partial charge in [-0.05, 0) is 270 Å². The average Bonchev–Trinajstić information content (AvgIpc) is 1.55. The van der Waals surface area contributed by atoms with Crippen LogP contribution in [-0.2, 0) is 43.3 Å². The minimum Gasteiger partial charge on any atom is -0.307 e. The molecule has 2 aliphatic rings. The minimum absolute atomic E-state index is 0.136. The number of hydrogen-bond acceptors (Lipinski definition) is 4. The molecule has 0 saturated carbocycles. The van der Waals surface area contributed by atoms with E-state index in [4.69, 9.17) is 0 Å². The van der Waals surface area contributed by atoms with Crippen LogP contribution in [0.15, 0.2) is 206 Å². The van der Waals surface area contributed by atoms with Crippen LogP contribution in [0.4, 0.5) is 11.4 Å². The van der Waals surface area contributed by atoms with E-state index in [1.165, 1.54) is 54.3 Å². The van der Waals surface area contributed by atoms with E-state index in [0.717, 1.165) is 132 Å². The van der Waals surface area contributed by atoms with Crippen LogP contribution in [0.2, 0.25) is 0 Å². The van der Waals surface area contributed by atoms with E-state index < -0.39 is 23.6 Å². The van der Waals surface area contributed by atoms with Gasteiger partial charge in [-0.1, -0.05) is 227 Å². The Kier molecular flexibility index (Phi) is 17.4. The Bertz CT molecular complexity index is 6120. The van der Waals surface area contributed by atoms with E-state index in [2.05, 4.69) is 330 Å². The Morgan fingerprint density at radius 2 is 0.342 bits per heavy atom. The van der Waals surface area contributed by atoms with Crippen molar-refractivity contribution in [2.75, 3.05) is 9.80 Å². The predicted molar refractivity (Wildman–Crippen MR) is 503 cm³/mol. The summed E-state index contributed by atoms with van der Waals surface area (Å²) >= 11 is 0. The molecule has 0 spiro atoms. The summed E-state index contributed by atoms with van der Waals surface area (Å²) in [6.45, 7) is 58.1. The first-order valence-corrected chi connectivity index (χ1v) is 42.8. The summed E-state index contributed by atoms with van der Waals surface area (Å²) in [5.41, 5.74) is 25.3. The molecule has 0 aliphatic carbocycles. The number of aromatic nitrogens is 4. The lowest BCUT2D eigenvalue weighted by Crippen LogP contribution is -2.29. The Hall–Kier alpha value is -11.9. The molecule has 4 aromatic heterocycles. The van der Waals surface area contributed by atoms with Gasteiger partial charge in [-0.25, -0.2) is 9.80 Å². The zero-order valence-corrected chi connectivity index (χ0v) is 74.9. The Morgan fingerprint density at radius 3 is 0.483 bits per heavy atom. The summed E-state index contributed by atoms with van der Waals surface area (Å²) in [4.78, 5) is 66.0. The normalized spacial score (nSPS) is 14.3. The molecule has 6 heterocycles. The second-order valence-corrected chi connectivity index (χ2v) is 42.9. The first-order valence-electron chi connectivity index (χ1n) is 42.8. The van der Waals surface area contributed by atoms with Gasteiger partial charge in [-0.2, -0.15) is 0 Å². The number of imide groups is 2. The van der Waals surface area contributed by atoms with Crippen LogP contribution < -0.4 is 9.80 Å². The number of amides is 4. The standard InChI is InChI=1S/C110H112N6O4/c1-61-47-71(111-99(117)83-57-95(113-87-39-27-63(103(3,4)5)49-75(87)76-50-64(104(6,7)8)28-40-88(76)113)96(58-84(83)100(111)118)114-89-41-29-65(105(9,10)11)51-77(89)78-52-66(106(12,13)14)30-42-90(78)114)35-37-73(61)74-38-36-72(48-62(74)2)112-101(119)85-59-97(115-91-43-31-67(107(15,16)17)53-79(91)80-54-68(108(18,19)20)32-44-92(80)115)98(60-86(85)102(112)120)116-93-45-33-69(109(21,22)23)55-81(93)82-56-70(110(24,25)26)34-46-94(82)116/h27-60H,1-26H3. The molecule has 606 valence electrons. The highest BCUT2D eigenvalue weighted by Gasteiger charge is 2.42. The molecule has 0 bridgehead atoms. The number of rotatable bonds is 7. The van der Waals surface area contributed by atoms with Crippen molar-refractivity contribution in [1.82, 2.24) is 18.3 Å². The highest BCUT2D eigenvalue weighted by Crippen LogP contribution is 2.50. The lowest BCUT2D eigenvalue weighted by Gasteiger charge is -2.21. The largest absolute Gasteiger partial charge is 0.307 e.